The van der Waals surface area contributed by atoms with Crippen molar-refractivity contribution in [3.05, 3.63) is 48.6 Å². The summed E-state index contributed by atoms with van der Waals surface area (Å²) in [4.78, 5) is 25.0. The fourth-order valence-corrected chi connectivity index (χ4v) is 8.91. The molecule has 1 heterocycles. The number of rotatable bonds is 50. The third kappa shape index (κ3) is 39.7. The highest BCUT2D eigenvalue weighted by Gasteiger charge is 2.44. The molecule has 0 aromatic heterocycles. The van der Waals surface area contributed by atoms with Gasteiger partial charge in [-0.05, 0) is 96.3 Å². The minimum atomic E-state index is -1.58. The highest BCUT2D eigenvalue weighted by molar-refractivity contribution is 5.76. The van der Waals surface area contributed by atoms with Gasteiger partial charge in [-0.1, -0.05) is 197 Å². The lowest BCUT2D eigenvalue weighted by Crippen LogP contribution is -2.60. The number of amides is 1. The number of esters is 1. The van der Waals surface area contributed by atoms with E-state index in [1.165, 1.54) is 154 Å². The molecule has 1 saturated heterocycles. The Morgan fingerprint density at radius 1 is 0.507 bits per heavy atom. The molecule has 0 radical (unpaired) electrons. The van der Waals surface area contributed by atoms with E-state index in [1.807, 2.05) is 6.08 Å². The molecule has 7 atom stereocenters. The zero-order valence-corrected chi connectivity index (χ0v) is 45.4. The molecule has 0 bridgehead atoms. The van der Waals surface area contributed by atoms with Crippen molar-refractivity contribution in [2.75, 3.05) is 19.8 Å². The predicted molar refractivity (Wildman–Crippen MR) is 292 cm³/mol. The molecule has 0 aromatic rings. The Morgan fingerprint density at radius 3 is 1.42 bits per heavy atom. The van der Waals surface area contributed by atoms with Gasteiger partial charge in [-0.15, -0.1) is 0 Å². The summed E-state index contributed by atoms with van der Waals surface area (Å²) >= 11 is 0. The van der Waals surface area contributed by atoms with E-state index in [0.717, 1.165) is 77.0 Å². The number of carbonyl (C=O) groups is 2. The molecule has 11 heteroatoms. The molecule has 414 valence electrons. The maximum Gasteiger partial charge on any atom is 0.305 e. The zero-order chi connectivity index (χ0) is 51.7. The topological polar surface area (TPSA) is 175 Å². The Bertz CT molecular complexity index is 1320. The van der Waals surface area contributed by atoms with Crippen LogP contribution < -0.4 is 5.32 Å². The van der Waals surface area contributed by atoms with Gasteiger partial charge in [-0.3, -0.25) is 9.59 Å². The number of aliphatic hydroxyl groups is 5. The van der Waals surface area contributed by atoms with E-state index in [0.29, 0.717) is 19.4 Å². The van der Waals surface area contributed by atoms with Crippen LogP contribution in [-0.4, -0.2) is 100 Å². The fourth-order valence-electron chi connectivity index (χ4n) is 8.91. The van der Waals surface area contributed by atoms with E-state index >= 15 is 0 Å². The average molecular weight is 1000 g/mol. The number of allylic oxidation sites excluding steroid dienone is 7. The van der Waals surface area contributed by atoms with Crippen LogP contribution in [0, 0.1) is 0 Å². The summed E-state index contributed by atoms with van der Waals surface area (Å²) in [7, 11) is 0. The average Bonchev–Trinajstić information content (AvgIpc) is 3.37. The van der Waals surface area contributed by atoms with Gasteiger partial charge in [0.1, 0.15) is 24.4 Å². The van der Waals surface area contributed by atoms with Gasteiger partial charge in [-0.2, -0.15) is 0 Å². The van der Waals surface area contributed by atoms with Gasteiger partial charge in [-0.25, -0.2) is 0 Å². The van der Waals surface area contributed by atoms with Gasteiger partial charge in [0, 0.05) is 12.8 Å². The van der Waals surface area contributed by atoms with Gasteiger partial charge < -0.3 is 45.1 Å². The van der Waals surface area contributed by atoms with Crippen LogP contribution in [0.2, 0.25) is 0 Å². The molecule has 1 aliphatic rings. The Kier molecular flexibility index (Phi) is 46.7. The van der Waals surface area contributed by atoms with Crippen LogP contribution in [0.25, 0.3) is 0 Å². The summed E-state index contributed by atoms with van der Waals surface area (Å²) in [6.07, 6.45) is 52.2. The summed E-state index contributed by atoms with van der Waals surface area (Å²) in [5.74, 6) is -0.222. The number of ether oxygens (including phenoxy) is 3. The standard InChI is InChI=1S/C60H109NO10/c1-3-5-7-9-11-13-14-15-25-28-32-36-40-44-48-56(65)69-49-45-41-37-33-29-26-23-21-19-17-16-18-20-22-24-27-31-35-39-43-47-55(64)61-52(53(63)46-42-38-34-30-12-10-8-6-4-2)51-70-60-59(68)58(67)57(66)54(50-62)71-60/h12,14-16,18,30,42,46,52-54,57-60,62-63,66-68H,3-11,13,17,19-29,31-41,43-45,47-51H2,1-2H3,(H,61,64)/b15-14-,18-16-,30-12+,46-42+. The molecule has 71 heavy (non-hydrogen) atoms. The van der Waals surface area contributed by atoms with E-state index in [4.69, 9.17) is 14.2 Å². The third-order valence-corrected chi connectivity index (χ3v) is 13.6. The largest absolute Gasteiger partial charge is 0.466 e. The van der Waals surface area contributed by atoms with Crippen LogP contribution in [0.5, 0.6) is 0 Å². The highest BCUT2D eigenvalue weighted by atomic mass is 16.7. The quantitative estimate of drug-likeness (QED) is 0.0195. The van der Waals surface area contributed by atoms with E-state index in [2.05, 4.69) is 55.6 Å². The number of hydrogen-bond acceptors (Lipinski definition) is 10. The molecule has 1 aliphatic heterocycles. The molecule has 1 amide bonds. The number of unbranched alkanes of at least 4 members (excludes halogenated alkanes) is 30. The SMILES string of the molecule is CCCCC/C=C/CC/C=C/C(O)C(COC1OC(CO)C(O)C(O)C1O)NC(=O)CCCCCCCCC/C=C\CCCCCCCCCCCOC(=O)CCCCCCC/C=C\CCCCCCC. The van der Waals surface area contributed by atoms with Crippen LogP contribution in [0.15, 0.2) is 48.6 Å². The van der Waals surface area contributed by atoms with Crippen molar-refractivity contribution in [2.45, 2.75) is 301 Å². The van der Waals surface area contributed by atoms with Gasteiger partial charge in [0.25, 0.3) is 0 Å². The van der Waals surface area contributed by atoms with Crippen molar-refractivity contribution in [1.29, 1.82) is 0 Å². The highest BCUT2D eigenvalue weighted by Crippen LogP contribution is 2.23. The van der Waals surface area contributed by atoms with Crippen LogP contribution >= 0.6 is 0 Å². The first kappa shape index (κ1) is 66.6. The number of hydrogen-bond donors (Lipinski definition) is 6. The van der Waals surface area contributed by atoms with Crippen molar-refractivity contribution in [2.24, 2.45) is 0 Å². The summed E-state index contributed by atoms with van der Waals surface area (Å²) < 4.78 is 16.6. The Labute approximate surface area is 434 Å². The second kappa shape index (κ2) is 49.8. The maximum absolute atomic E-state index is 13.0. The first-order chi connectivity index (χ1) is 34.7. The molecule has 1 fully saturated rings. The summed E-state index contributed by atoms with van der Waals surface area (Å²) in [6.45, 7) is 4.24. The lowest BCUT2D eigenvalue weighted by molar-refractivity contribution is -0.302. The molecule has 7 unspecified atom stereocenters. The Morgan fingerprint density at radius 2 is 0.915 bits per heavy atom. The van der Waals surface area contributed by atoms with E-state index in [9.17, 15) is 35.1 Å². The van der Waals surface area contributed by atoms with Gasteiger partial charge in [0.05, 0.1) is 32.0 Å². The summed E-state index contributed by atoms with van der Waals surface area (Å²) in [5.41, 5.74) is 0. The Hall–Kier alpha value is -2.38. The first-order valence-electron chi connectivity index (χ1n) is 29.4. The van der Waals surface area contributed by atoms with E-state index in [-0.39, 0.29) is 18.5 Å². The van der Waals surface area contributed by atoms with E-state index < -0.39 is 49.5 Å². The second-order valence-electron chi connectivity index (χ2n) is 20.3. The molecule has 0 aromatic carbocycles. The van der Waals surface area contributed by atoms with Crippen LogP contribution in [0.4, 0.5) is 0 Å². The zero-order valence-electron chi connectivity index (χ0n) is 45.4. The minimum absolute atomic E-state index is 0.0176. The lowest BCUT2D eigenvalue weighted by atomic mass is 9.99. The second-order valence-corrected chi connectivity index (χ2v) is 20.3. The van der Waals surface area contributed by atoms with E-state index in [1.54, 1.807) is 6.08 Å². The molecule has 0 aliphatic carbocycles. The normalized spacial score (nSPS) is 19.5. The Balaban J connectivity index is 2.04. The third-order valence-electron chi connectivity index (χ3n) is 13.6. The van der Waals surface area contributed by atoms with Crippen molar-refractivity contribution >= 4 is 11.9 Å². The molecule has 1 rings (SSSR count). The van der Waals surface area contributed by atoms with Gasteiger partial charge in [0.15, 0.2) is 6.29 Å². The maximum atomic E-state index is 13.0. The summed E-state index contributed by atoms with van der Waals surface area (Å²) in [5, 5.41) is 54.1. The molecular weight excluding hydrogens is 895 g/mol. The number of aliphatic hydroxyl groups excluding tert-OH is 5. The first-order valence-corrected chi connectivity index (χ1v) is 29.4. The molecule has 0 spiro atoms. The number of carbonyl (C=O) groups excluding carboxylic acids is 2. The molecule has 0 saturated carbocycles. The lowest BCUT2D eigenvalue weighted by Gasteiger charge is -2.40. The monoisotopic (exact) mass is 1000 g/mol. The molecular formula is C60H109NO10. The van der Waals surface area contributed by atoms with Gasteiger partial charge >= 0.3 is 5.97 Å². The molecule has 11 nitrogen and oxygen atoms in total. The van der Waals surface area contributed by atoms with Crippen molar-refractivity contribution < 1.29 is 49.3 Å². The van der Waals surface area contributed by atoms with Crippen molar-refractivity contribution in [1.82, 2.24) is 5.32 Å². The fraction of sp³-hybridized carbons (Fsp3) is 0.833. The molecule has 6 N–H and O–H groups in total. The number of nitrogens with one attached hydrogen (secondary N) is 1. The van der Waals surface area contributed by atoms with Crippen molar-refractivity contribution in [3.8, 4) is 0 Å². The van der Waals surface area contributed by atoms with Crippen LogP contribution in [0.1, 0.15) is 258 Å². The predicted octanol–water partition coefficient (Wildman–Crippen LogP) is 13.3. The smallest absolute Gasteiger partial charge is 0.305 e. The van der Waals surface area contributed by atoms with Gasteiger partial charge in [0.2, 0.25) is 5.91 Å². The van der Waals surface area contributed by atoms with Crippen LogP contribution in [-0.2, 0) is 23.8 Å². The van der Waals surface area contributed by atoms with Crippen molar-refractivity contribution in [3.63, 3.8) is 0 Å². The summed E-state index contributed by atoms with van der Waals surface area (Å²) in [6, 6.07) is -0.833. The minimum Gasteiger partial charge on any atom is -0.466 e. The van der Waals surface area contributed by atoms with Crippen LogP contribution in [0.3, 0.4) is 0 Å².